The Labute approximate surface area is 133 Å². The molecule has 2 aromatic rings. The molecule has 2 nitrogen and oxygen atoms in total. The number of aliphatic hydroxyl groups excluding tert-OH is 1. The van der Waals surface area contributed by atoms with Gasteiger partial charge in [0.15, 0.2) is 0 Å². The van der Waals surface area contributed by atoms with Gasteiger partial charge in [0, 0.05) is 11.8 Å². The summed E-state index contributed by atoms with van der Waals surface area (Å²) in [6, 6.07) is 12.4. The molecular formula is C18H19BrO2. The van der Waals surface area contributed by atoms with Crippen molar-refractivity contribution in [1.82, 2.24) is 0 Å². The largest absolute Gasteiger partial charge is 0.488 e. The smallest absolute Gasteiger partial charge is 0.134 e. The van der Waals surface area contributed by atoms with Gasteiger partial charge < -0.3 is 9.84 Å². The predicted molar refractivity (Wildman–Crippen MR) is 87.6 cm³/mol. The van der Waals surface area contributed by atoms with E-state index in [4.69, 9.17) is 4.74 Å². The highest BCUT2D eigenvalue weighted by molar-refractivity contribution is 9.10. The first kappa shape index (κ1) is 13.6. The van der Waals surface area contributed by atoms with Gasteiger partial charge in [0.1, 0.15) is 11.9 Å². The molecule has 2 aliphatic carbocycles. The van der Waals surface area contributed by atoms with E-state index in [0.29, 0.717) is 0 Å². The number of hydrogen-bond acceptors (Lipinski definition) is 2. The van der Waals surface area contributed by atoms with Gasteiger partial charge in [-0.3, -0.25) is 0 Å². The molecule has 2 unspecified atom stereocenters. The fourth-order valence-corrected chi connectivity index (χ4v) is 4.62. The van der Waals surface area contributed by atoms with Crippen LogP contribution in [0.2, 0.25) is 0 Å². The molecule has 0 heterocycles. The van der Waals surface area contributed by atoms with Crippen molar-refractivity contribution in [2.24, 2.45) is 5.41 Å². The lowest BCUT2D eigenvalue weighted by Crippen LogP contribution is -2.58. The third kappa shape index (κ3) is 2.01. The Hall–Kier alpha value is -1.06. The number of benzene rings is 2. The van der Waals surface area contributed by atoms with E-state index in [-0.39, 0.29) is 17.6 Å². The van der Waals surface area contributed by atoms with E-state index in [9.17, 15) is 5.11 Å². The van der Waals surface area contributed by atoms with E-state index < -0.39 is 0 Å². The highest BCUT2D eigenvalue weighted by Gasteiger charge is 2.57. The fourth-order valence-electron chi connectivity index (χ4n) is 4.04. The molecular weight excluding hydrogens is 328 g/mol. The molecule has 2 aliphatic rings. The van der Waals surface area contributed by atoms with Crippen molar-refractivity contribution in [2.45, 2.75) is 44.3 Å². The van der Waals surface area contributed by atoms with Crippen LogP contribution in [-0.2, 0) is 0 Å². The Morgan fingerprint density at radius 3 is 2.62 bits per heavy atom. The van der Waals surface area contributed by atoms with Crippen molar-refractivity contribution in [2.75, 3.05) is 0 Å². The first-order chi connectivity index (χ1) is 10.2. The fraction of sp³-hybridized carbons (Fsp3) is 0.444. The Balaban J connectivity index is 1.64. The molecule has 21 heavy (non-hydrogen) atoms. The Kier molecular flexibility index (Phi) is 3.23. The summed E-state index contributed by atoms with van der Waals surface area (Å²) in [4.78, 5) is 0. The van der Waals surface area contributed by atoms with E-state index >= 15 is 0 Å². The van der Waals surface area contributed by atoms with E-state index in [1.54, 1.807) is 0 Å². The summed E-state index contributed by atoms with van der Waals surface area (Å²) in [7, 11) is 0. The van der Waals surface area contributed by atoms with Crippen molar-refractivity contribution in [3.8, 4) is 5.75 Å². The first-order valence-corrected chi connectivity index (χ1v) is 8.52. The lowest BCUT2D eigenvalue weighted by molar-refractivity contribution is -0.152. The summed E-state index contributed by atoms with van der Waals surface area (Å²) in [6.45, 7) is 0. The first-order valence-electron chi connectivity index (χ1n) is 7.73. The zero-order valence-corrected chi connectivity index (χ0v) is 13.5. The van der Waals surface area contributed by atoms with Gasteiger partial charge in [-0.25, -0.2) is 0 Å². The molecule has 1 N–H and O–H groups in total. The van der Waals surface area contributed by atoms with E-state index in [1.165, 1.54) is 23.6 Å². The van der Waals surface area contributed by atoms with Gasteiger partial charge in [-0.1, -0.05) is 43.2 Å². The van der Waals surface area contributed by atoms with Crippen molar-refractivity contribution in [3.63, 3.8) is 0 Å². The number of hydrogen-bond donors (Lipinski definition) is 1. The van der Waals surface area contributed by atoms with Crippen molar-refractivity contribution in [3.05, 3.63) is 40.9 Å². The summed E-state index contributed by atoms with van der Waals surface area (Å²) < 4.78 is 7.31. The molecule has 2 atom stereocenters. The maximum atomic E-state index is 10.2. The molecule has 0 radical (unpaired) electrons. The zero-order valence-electron chi connectivity index (χ0n) is 11.9. The summed E-state index contributed by atoms with van der Waals surface area (Å²) in [5, 5.41) is 12.6. The van der Waals surface area contributed by atoms with Gasteiger partial charge >= 0.3 is 0 Å². The van der Waals surface area contributed by atoms with Gasteiger partial charge in [0.2, 0.25) is 0 Å². The molecule has 3 heteroatoms. The average Bonchev–Trinajstić information content (AvgIpc) is 3.02. The highest BCUT2D eigenvalue weighted by Crippen LogP contribution is 2.55. The van der Waals surface area contributed by atoms with Gasteiger partial charge in [-0.15, -0.1) is 0 Å². The van der Waals surface area contributed by atoms with Crippen LogP contribution in [0.15, 0.2) is 40.9 Å². The standard InChI is InChI=1S/C18H19BrO2/c19-17-13-6-2-1-5-12(13)7-8-14(17)21-16-11-15(20)18(16)9-3-4-10-18/h1-2,5-8,15-16,20H,3-4,9-11H2. The quantitative estimate of drug-likeness (QED) is 0.855. The van der Waals surface area contributed by atoms with Crippen LogP contribution >= 0.6 is 15.9 Å². The topological polar surface area (TPSA) is 29.5 Å². The summed E-state index contributed by atoms with van der Waals surface area (Å²) in [5.41, 5.74) is 0.0189. The maximum Gasteiger partial charge on any atom is 0.134 e. The Bertz CT molecular complexity index is 676. The van der Waals surface area contributed by atoms with Crippen LogP contribution in [0.1, 0.15) is 32.1 Å². The van der Waals surface area contributed by atoms with Gasteiger partial charge in [-0.05, 0) is 45.6 Å². The molecule has 0 saturated heterocycles. The number of aliphatic hydroxyl groups is 1. The molecule has 0 amide bonds. The van der Waals surface area contributed by atoms with E-state index in [0.717, 1.165) is 29.5 Å². The van der Waals surface area contributed by atoms with Crippen molar-refractivity contribution >= 4 is 26.7 Å². The van der Waals surface area contributed by atoms with Gasteiger partial charge in [0.05, 0.1) is 10.6 Å². The Morgan fingerprint density at radius 1 is 1.10 bits per heavy atom. The lowest BCUT2D eigenvalue weighted by atomic mass is 9.62. The van der Waals surface area contributed by atoms with Crippen LogP contribution < -0.4 is 4.74 Å². The molecule has 2 saturated carbocycles. The molecule has 0 aliphatic heterocycles. The average molecular weight is 347 g/mol. The molecule has 0 aromatic heterocycles. The summed E-state index contributed by atoms with van der Waals surface area (Å²) in [5.74, 6) is 0.900. The number of ether oxygens (including phenoxy) is 1. The van der Waals surface area contributed by atoms with E-state index in [1.807, 2.05) is 18.2 Å². The molecule has 4 rings (SSSR count). The predicted octanol–water partition coefficient (Wildman–Crippen LogP) is 4.67. The van der Waals surface area contributed by atoms with Crippen molar-refractivity contribution in [1.29, 1.82) is 0 Å². The van der Waals surface area contributed by atoms with E-state index in [2.05, 4.69) is 34.1 Å². The third-order valence-electron chi connectivity index (χ3n) is 5.37. The van der Waals surface area contributed by atoms with Crippen LogP contribution in [0.25, 0.3) is 10.8 Å². The molecule has 2 aromatic carbocycles. The third-order valence-corrected chi connectivity index (χ3v) is 6.19. The molecule has 0 bridgehead atoms. The Morgan fingerprint density at radius 2 is 1.86 bits per heavy atom. The summed E-state index contributed by atoms with van der Waals surface area (Å²) >= 11 is 3.69. The second-order valence-corrected chi connectivity index (χ2v) is 7.19. The maximum absolute atomic E-state index is 10.2. The minimum Gasteiger partial charge on any atom is -0.488 e. The highest BCUT2D eigenvalue weighted by atomic mass is 79.9. The summed E-state index contributed by atoms with van der Waals surface area (Å²) in [6.07, 6.45) is 5.38. The second-order valence-electron chi connectivity index (χ2n) is 6.40. The minimum atomic E-state index is -0.177. The normalized spacial score (nSPS) is 27.0. The molecule has 110 valence electrons. The van der Waals surface area contributed by atoms with Crippen LogP contribution in [0.3, 0.4) is 0 Å². The number of rotatable bonds is 2. The SMILES string of the molecule is OC1CC(Oc2ccc3ccccc3c2Br)C12CCCC2. The van der Waals surface area contributed by atoms with Gasteiger partial charge in [-0.2, -0.15) is 0 Å². The molecule has 2 fully saturated rings. The van der Waals surface area contributed by atoms with Gasteiger partial charge in [0.25, 0.3) is 0 Å². The molecule has 1 spiro atoms. The van der Waals surface area contributed by atoms with Crippen LogP contribution in [0.5, 0.6) is 5.75 Å². The van der Waals surface area contributed by atoms with Crippen LogP contribution in [-0.4, -0.2) is 17.3 Å². The number of fused-ring (bicyclic) bond motifs is 1. The lowest BCUT2D eigenvalue weighted by Gasteiger charge is -2.51. The van der Waals surface area contributed by atoms with Crippen molar-refractivity contribution < 1.29 is 9.84 Å². The van der Waals surface area contributed by atoms with Crippen LogP contribution in [0.4, 0.5) is 0 Å². The monoisotopic (exact) mass is 346 g/mol. The second kappa shape index (κ2) is 4.99. The van der Waals surface area contributed by atoms with Crippen LogP contribution in [0, 0.1) is 5.41 Å². The number of halogens is 1. The minimum absolute atomic E-state index is 0.0189. The zero-order chi connectivity index (χ0) is 14.4.